The summed E-state index contributed by atoms with van der Waals surface area (Å²) < 4.78 is 28.3. The normalized spacial score (nSPS) is 11.1. The number of sulfone groups is 1. The second-order valence-corrected chi connectivity index (χ2v) is 6.52. The molecule has 0 aliphatic heterocycles. The molecule has 0 unspecified atom stereocenters. The quantitative estimate of drug-likeness (QED) is 0.869. The van der Waals surface area contributed by atoms with Crippen molar-refractivity contribution in [2.75, 3.05) is 6.26 Å². The van der Waals surface area contributed by atoms with Crippen LogP contribution in [0.25, 0.3) is 0 Å². The summed E-state index contributed by atoms with van der Waals surface area (Å²) in [5.74, 6) is 0.737. The molecule has 0 aliphatic rings. The molecule has 2 rings (SSSR count). The Morgan fingerprint density at radius 2 is 1.90 bits per heavy atom. The molecule has 0 radical (unpaired) electrons. The number of nitrogens with two attached hydrogens (primary N) is 1. The monoisotopic (exact) mass is 308 g/mol. The molecule has 20 heavy (non-hydrogen) atoms. The van der Waals surface area contributed by atoms with E-state index in [2.05, 4.69) is 4.98 Å². The zero-order chi connectivity index (χ0) is 14.8. The molecule has 1 aromatic carbocycles. The number of hydrogen-bond donors (Lipinski definition) is 1. The van der Waals surface area contributed by atoms with Gasteiger partial charge in [-0.3, -0.25) is 0 Å². The molecule has 0 aliphatic carbocycles. The van der Waals surface area contributed by atoms with Gasteiger partial charge >= 0.3 is 0 Å². The molecular weight excluding hydrogens is 296 g/mol. The summed E-state index contributed by atoms with van der Waals surface area (Å²) in [5.41, 5.74) is 6.10. The van der Waals surface area contributed by atoms with Gasteiger partial charge in [0, 0.05) is 12.5 Å². The maximum Gasteiger partial charge on any atom is 0.229 e. The van der Waals surface area contributed by atoms with Gasteiger partial charge < -0.3 is 10.5 Å². The zero-order valence-corrected chi connectivity index (χ0v) is 12.2. The molecule has 7 heteroatoms. The fourth-order valence-corrected chi connectivity index (χ4v) is 2.31. The highest BCUT2D eigenvalue weighted by molar-refractivity contribution is 7.90. The molecule has 5 nitrogen and oxygen atoms in total. The fourth-order valence-electron chi connectivity index (χ4n) is 1.53. The van der Waals surface area contributed by atoms with Crippen molar-refractivity contribution in [3.05, 3.63) is 48.2 Å². The van der Waals surface area contributed by atoms with Crippen LogP contribution < -0.4 is 10.5 Å². The molecule has 2 aromatic rings. The predicted octanol–water partition coefficient (Wildman–Crippen LogP) is 1.91. The Balaban J connectivity index is 2.30. The van der Waals surface area contributed by atoms with Gasteiger partial charge in [0.2, 0.25) is 5.88 Å². The number of benzene rings is 1. The summed E-state index contributed by atoms with van der Waals surface area (Å²) in [6.45, 7) is 0. The lowest BCUT2D eigenvalue weighted by Crippen LogP contribution is -2.11. The first kappa shape index (κ1) is 14.4. The predicted molar refractivity (Wildman–Crippen MR) is 79.8 cm³/mol. The van der Waals surface area contributed by atoms with Crippen molar-refractivity contribution in [1.82, 2.24) is 4.98 Å². The van der Waals surface area contributed by atoms with E-state index in [4.69, 9.17) is 22.7 Å². The van der Waals surface area contributed by atoms with Crippen molar-refractivity contribution in [3.8, 4) is 11.6 Å². The van der Waals surface area contributed by atoms with Crippen molar-refractivity contribution in [3.63, 3.8) is 0 Å². The van der Waals surface area contributed by atoms with Crippen molar-refractivity contribution >= 4 is 27.0 Å². The van der Waals surface area contributed by atoms with Gasteiger partial charge in [0.15, 0.2) is 9.84 Å². The highest BCUT2D eigenvalue weighted by atomic mass is 32.2. The Bertz CT molecular complexity index is 740. The summed E-state index contributed by atoms with van der Waals surface area (Å²) in [7, 11) is -3.23. The van der Waals surface area contributed by atoms with Crippen LogP contribution in [0.3, 0.4) is 0 Å². The van der Waals surface area contributed by atoms with Crippen LogP contribution in [0.5, 0.6) is 11.6 Å². The van der Waals surface area contributed by atoms with Crippen molar-refractivity contribution in [2.45, 2.75) is 4.90 Å². The molecule has 0 saturated carbocycles. The van der Waals surface area contributed by atoms with Gasteiger partial charge in [0.05, 0.1) is 10.5 Å². The first-order chi connectivity index (χ1) is 9.38. The molecule has 0 saturated heterocycles. The molecule has 0 atom stereocenters. The third-order valence-electron chi connectivity index (χ3n) is 2.50. The molecule has 0 amide bonds. The van der Waals surface area contributed by atoms with E-state index in [9.17, 15) is 8.42 Å². The van der Waals surface area contributed by atoms with E-state index in [1.807, 2.05) is 0 Å². The van der Waals surface area contributed by atoms with Crippen LogP contribution in [-0.4, -0.2) is 24.6 Å². The van der Waals surface area contributed by atoms with Gasteiger partial charge in [0.25, 0.3) is 0 Å². The molecular formula is C13H12N2O3S2. The minimum absolute atomic E-state index is 0.181. The van der Waals surface area contributed by atoms with Gasteiger partial charge in [-0.25, -0.2) is 13.4 Å². The lowest BCUT2D eigenvalue weighted by molar-refractivity contribution is 0.461. The van der Waals surface area contributed by atoms with Crippen LogP contribution in [0.4, 0.5) is 0 Å². The number of aromatic nitrogens is 1. The van der Waals surface area contributed by atoms with Gasteiger partial charge in [-0.15, -0.1) is 0 Å². The van der Waals surface area contributed by atoms with Gasteiger partial charge in [0.1, 0.15) is 10.7 Å². The Morgan fingerprint density at radius 3 is 2.45 bits per heavy atom. The van der Waals surface area contributed by atoms with Crippen LogP contribution in [0.15, 0.2) is 47.5 Å². The van der Waals surface area contributed by atoms with Crippen LogP contribution in [-0.2, 0) is 9.84 Å². The minimum atomic E-state index is -3.23. The largest absolute Gasteiger partial charge is 0.438 e. The summed E-state index contributed by atoms with van der Waals surface area (Å²) in [6, 6.07) is 9.44. The molecule has 104 valence electrons. The molecule has 0 spiro atoms. The number of pyridine rings is 1. The maximum absolute atomic E-state index is 11.4. The number of thiocarbonyl (C=S) groups is 1. The highest BCUT2D eigenvalue weighted by Crippen LogP contribution is 2.24. The van der Waals surface area contributed by atoms with E-state index >= 15 is 0 Å². The van der Waals surface area contributed by atoms with E-state index < -0.39 is 9.84 Å². The topological polar surface area (TPSA) is 82.3 Å². The number of nitrogens with zero attached hydrogens (tertiary/aromatic N) is 1. The van der Waals surface area contributed by atoms with Crippen LogP contribution in [0.2, 0.25) is 0 Å². The number of rotatable bonds is 4. The first-order valence-corrected chi connectivity index (χ1v) is 7.90. The van der Waals surface area contributed by atoms with E-state index in [1.54, 1.807) is 30.5 Å². The van der Waals surface area contributed by atoms with E-state index in [1.165, 1.54) is 12.1 Å². The van der Waals surface area contributed by atoms with Crippen LogP contribution in [0.1, 0.15) is 5.56 Å². The minimum Gasteiger partial charge on any atom is -0.438 e. The molecule has 2 N–H and O–H groups in total. The Morgan fingerprint density at radius 1 is 1.25 bits per heavy atom. The van der Waals surface area contributed by atoms with Crippen molar-refractivity contribution in [1.29, 1.82) is 0 Å². The standard InChI is InChI=1S/C13H12N2O3S2/c1-20(16,17)10-6-4-9(5-7-10)18-13-11(12(14)19)3-2-8-15-13/h2-8H,1H3,(H2,14,19). The van der Waals surface area contributed by atoms with Gasteiger partial charge in [-0.05, 0) is 36.4 Å². The van der Waals surface area contributed by atoms with E-state index in [0.717, 1.165) is 6.26 Å². The Hall–Kier alpha value is -1.99. The summed E-state index contributed by atoms with van der Waals surface area (Å²) in [5, 5.41) is 0. The summed E-state index contributed by atoms with van der Waals surface area (Å²) in [4.78, 5) is 4.46. The molecule has 0 fully saturated rings. The molecule has 0 bridgehead atoms. The second-order valence-electron chi connectivity index (χ2n) is 4.07. The highest BCUT2D eigenvalue weighted by Gasteiger charge is 2.10. The van der Waals surface area contributed by atoms with E-state index in [0.29, 0.717) is 11.3 Å². The lowest BCUT2D eigenvalue weighted by atomic mass is 10.2. The lowest BCUT2D eigenvalue weighted by Gasteiger charge is -2.09. The summed E-state index contributed by atoms with van der Waals surface area (Å²) >= 11 is 4.91. The SMILES string of the molecule is CS(=O)(=O)c1ccc(Oc2ncccc2C(N)=S)cc1. The summed E-state index contributed by atoms with van der Waals surface area (Å²) in [6.07, 6.45) is 2.70. The zero-order valence-electron chi connectivity index (χ0n) is 10.6. The van der Waals surface area contributed by atoms with Crippen molar-refractivity contribution in [2.24, 2.45) is 5.73 Å². The van der Waals surface area contributed by atoms with E-state index in [-0.39, 0.29) is 15.8 Å². The first-order valence-electron chi connectivity index (χ1n) is 5.61. The van der Waals surface area contributed by atoms with Gasteiger partial charge in [-0.1, -0.05) is 12.2 Å². The van der Waals surface area contributed by atoms with Crippen molar-refractivity contribution < 1.29 is 13.2 Å². The Kier molecular flexibility index (Phi) is 4.01. The van der Waals surface area contributed by atoms with Gasteiger partial charge in [-0.2, -0.15) is 0 Å². The fraction of sp³-hybridized carbons (Fsp3) is 0.0769. The Labute approximate surface area is 122 Å². The molecule has 1 aromatic heterocycles. The maximum atomic E-state index is 11.4. The number of hydrogen-bond acceptors (Lipinski definition) is 5. The smallest absolute Gasteiger partial charge is 0.229 e. The third kappa shape index (κ3) is 3.31. The second kappa shape index (κ2) is 5.56. The third-order valence-corrected chi connectivity index (χ3v) is 3.85. The average molecular weight is 308 g/mol. The van der Waals surface area contributed by atoms with Crippen LogP contribution >= 0.6 is 12.2 Å². The average Bonchev–Trinajstić information content (AvgIpc) is 2.38. The molecule has 1 heterocycles. The number of ether oxygens (including phenoxy) is 1. The van der Waals surface area contributed by atoms with Crippen LogP contribution in [0, 0.1) is 0 Å².